The SMILES string of the molecule is CCCCCCCCOc1ccc(-c2c3nc(c(-c4ccc(OCCCCCCCC)cc4)c4ccc([nH]4)c(-c4cnn(C)c4)c4nc(c(-c5ccc(OCCCCCCCC)cc5)c5ccc2[nH]5)C=C4)C=C3)cc1. The first kappa shape index (κ1) is 52.7. The highest BCUT2D eigenvalue weighted by atomic mass is 16.5. The van der Waals surface area contributed by atoms with Crippen LogP contribution < -0.4 is 14.2 Å². The van der Waals surface area contributed by atoms with Crippen molar-refractivity contribution < 1.29 is 14.2 Å². The van der Waals surface area contributed by atoms with Gasteiger partial charge >= 0.3 is 0 Å². The minimum Gasteiger partial charge on any atom is -0.494 e. The van der Waals surface area contributed by atoms with Gasteiger partial charge in [-0.1, -0.05) is 153 Å². The van der Waals surface area contributed by atoms with E-state index in [2.05, 4.69) is 163 Å². The predicted octanol–water partition coefficient (Wildman–Crippen LogP) is 18.3. The maximum absolute atomic E-state index is 6.29. The fourth-order valence-electron chi connectivity index (χ4n) is 10.3. The normalized spacial score (nSPS) is 11.9. The molecule has 3 aromatic carbocycles. The summed E-state index contributed by atoms with van der Waals surface area (Å²) in [5, 5.41) is 4.63. The molecule has 2 aliphatic heterocycles. The number of hydrogen-bond donors (Lipinski definition) is 2. The molecule has 9 nitrogen and oxygen atoms in total. The molecule has 0 radical (unpaired) electrons. The number of unbranched alkanes of at least 4 members (excludes halogenated alkanes) is 15. The van der Waals surface area contributed by atoms with E-state index in [1.54, 1.807) is 0 Å². The van der Waals surface area contributed by atoms with Gasteiger partial charge in [-0.3, -0.25) is 4.68 Å². The van der Waals surface area contributed by atoms with E-state index in [4.69, 9.17) is 24.2 Å². The maximum atomic E-state index is 6.29. The Morgan fingerprint density at radius 1 is 0.360 bits per heavy atom. The first-order valence-corrected chi connectivity index (χ1v) is 28.3. The molecule has 0 spiro atoms. The summed E-state index contributed by atoms with van der Waals surface area (Å²) >= 11 is 0. The first-order chi connectivity index (χ1) is 37.0. The second-order valence-corrected chi connectivity index (χ2v) is 20.3. The third-order valence-corrected chi connectivity index (χ3v) is 14.5. The van der Waals surface area contributed by atoms with E-state index in [1.807, 2.05) is 17.9 Å². The quantitative estimate of drug-likeness (QED) is 0.0474. The van der Waals surface area contributed by atoms with Crippen LogP contribution in [0.2, 0.25) is 0 Å². The Morgan fingerprint density at radius 2 is 0.653 bits per heavy atom. The number of rotatable bonds is 28. The molecule has 0 saturated carbocycles. The minimum absolute atomic E-state index is 0.713. The van der Waals surface area contributed by atoms with Gasteiger partial charge in [0.25, 0.3) is 0 Å². The van der Waals surface area contributed by atoms with Crippen molar-refractivity contribution in [2.45, 2.75) is 136 Å². The van der Waals surface area contributed by atoms with Crippen LogP contribution in [0.25, 0.3) is 90.9 Å². The Labute approximate surface area is 445 Å². The lowest BCUT2D eigenvalue weighted by molar-refractivity contribution is 0.304. The molecule has 0 fully saturated rings. The minimum atomic E-state index is 0.713. The van der Waals surface area contributed by atoms with Crippen LogP contribution >= 0.6 is 0 Å². The van der Waals surface area contributed by atoms with E-state index in [0.717, 1.165) is 126 Å². The summed E-state index contributed by atoms with van der Waals surface area (Å²) in [5.74, 6) is 2.62. The van der Waals surface area contributed by atoms with E-state index in [0.29, 0.717) is 19.8 Å². The van der Waals surface area contributed by atoms with Gasteiger partial charge in [-0.15, -0.1) is 0 Å². The number of aryl methyl sites for hydroxylation is 1. The van der Waals surface area contributed by atoms with Crippen LogP contribution in [0.3, 0.4) is 0 Å². The highest BCUT2D eigenvalue weighted by Crippen LogP contribution is 2.39. The Kier molecular flexibility index (Phi) is 18.9. The largest absolute Gasteiger partial charge is 0.494 e. The van der Waals surface area contributed by atoms with E-state index in [9.17, 15) is 0 Å². The fraction of sp³-hybridized carbons (Fsp3) is 0.379. The summed E-state index contributed by atoms with van der Waals surface area (Å²) in [6.07, 6.45) is 34.6. The molecular weight excluding hydrogens is 925 g/mol. The van der Waals surface area contributed by atoms with Crippen LogP contribution in [0.4, 0.5) is 0 Å². The number of nitrogens with one attached hydrogen (secondary N) is 2. The summed E-state index contributed by atoms with van der Waals surface area (Å²) in [6, 6.07) is 34.2. The molecule has 0 saturated heterocycles. The molecule has 2 aliphatic rings. The van der Waals surface area contributed by atoms with Gasteiger partial charge in [0.1, 0.15) is 17.2 Å². The first-order valence-electron chi connectivity index (χ1n) is 28.3. The molecule has 8 bridgehead atoms. The van der Waals surface area contributed by atoms with Gasteiger partial charge in [-0.25, -0.2) is 9.97 Å². The second kappa shape index (κ2) is 26.9. The third-order valence-electron chi connectivity index (χ3n) is 14.5. The maximum Gasteiger partial charge on any atom is 0.119 e. The van der Waals surface area contributed by atoms with Crippen molar-refractivity contribution in [1.82, 2.24) is 29.7 Å². The van der Waals surface area contributed by atoms with Crippen LogP contribution in [0.15, 0.2) is 109 Å². The van der Waals surface area contributed by atoms with Gasteiger partial charge in [0.05, 0.1) is 48.8 Å². The lowest BCUT2D eigenvalue weighted by Gasteiger charge is -2.10. The zero-order chi connectivity index (χ0) is 51.6. The zero-order valence-electron chi connectivity index (χ0n) is 45.1. The number of fused-ring (bicyclic) bond motifs is 8. The summed E-state index contributed by atoms with van der Waals surface area (Å²) < 4.78 is 20.7. The average Bonchev–Trinajstić information content (AvgIpc) is 4.33. The Morgan fingerprint density at radius 3 is 0.947 bits per heavy atom. The molecule has 9 heteroatoms. The van der Waals surface area contributed by atoms with Crippen molar-refractivity contribution in [2.24, 2.45) is 7.05 Å². The van der Waals surface area contributed by atoms with Crippen LogP contribution in [-0.4, -0.2) is 49.5 Å². The van der Waals surface area contributed by atoms with Gasteiger partial charge in [0.15, 0.2) is 0 Å². The van der Waals surface area contributed by atoms with Crippen molar-refractivity contribution in [2.75, 3.05) is 19.8 Å². The smallest absolute Gasteiger partial charge is 0.119 e. The molecule has 0 amide bonds. The van der Waals surface area contributed by atoms with Crippen LogP contribution in [-0.2, 0) is 7.05 Å². The number of H-pyrrole nitrogens is 2. The number of aromatic nitrogens is 6. The molecule has 7 aromatic rings. The van der Waals surface area contributed by atoms with Gasteiger partial charge in [-0.05, 0) is 121 Å². The van der Waals surface area contributed by atoms with Crippen LogP contribution in [0.5, 0.6) is 17.2 Å². The van der Waals surface area contributed by atoms with Crippen molar-refractivity contribution in [3.05, 3.63) is 132 Å². The zero-order valence-corrected chi connectivity index (χ0v) is 45.1. The van der Waals surface area contributed by atoms with Crippen molar-refractivity contribution in [3.63, 3.8) is 0 Å². The summed E-state index contributed by atoms with van der Waals surface area (Å²) in [5.41, 5.74) is 15.2. The van der Waals surface area contributed by atoms with Crippen molar-refractivity contribution in [3.8, 4) is 61.8 Å². The van der Waals surface area contributed by atoms with Crippen molar-refractivity contribution >= 4 is 46.4 Å². The van der Waals surface area contributed by atoms with Gasteiger partial charge in [-0.2, -0.15) is 5.10 Å². The Hall–Kier alpha value is -7.13. The topological polar surface area (TPSA) is 103 Å². The molecule has 0 unspecified atom stereocenters. The molecule has 0 aliphatic carbocycles. The standard InChI is InChI=1S/C66H78N6O3/c1-5-8-11-14-17-20-43-73-52-29-23-48(24-30-52)63-55-35-37-57(68-55)64(49-25-31-53(32-26-49)74-44-21-18-15-12-9-6-2)59-39-41-61(70-59)66(51-46-67-72(4)47-51)62-42-40-60(71-62)65(58-38-36-56(63)69-58)50-27-33-54(34-28-50)75-45-22-19-16-13-10-7-3/h23-42,46-47,68,71H,5-22,43-45H2,1-4H3. The average molecular weight is 1000 g/mol. The Bertz CT molecular complexity index is 3100. The third kappa shape index (κ3) is 13.8. The number of aromatic amines is 2. The molecule has 9 rings (SSSR count). The van der Waals surface area contributed by atoms with E-state index in [1.165, 1.54) is 96.3 Å². The fourth-order valence-corrected chi connectivity index (χ4v) is 10.3. The van der Waals surface area contributed by atoms with E-state index in [-0.39, 0.29) is 0 Å². The summed E-state index contributed by atoms with van der Waals surface area (Å²) in [4.78, 5) is 18.8. The molecule has 6 heterocycles. The molecule has 0 atom stereocenters. The molecule has 2 N–H and O–H groups in total. The van der Waals surface area contributed by atoms with Crippen molar-refractivity contribution in [1.29, 1.82) is 0 Å². The van der Waals surface area contributed by atoms with E-state index >= 15 is 0 Å². The molecule has 75 heavy (non-hydrogen) atoms. The summed E-state index contributed by atoms with van der Waals surface area (Å²) in [7, 11) is 1.95. The van der Waals surface area contributed by atoms with Gasteiger partial charge < -0.3 is 24.2 Å². The lowest BCUT2D eigenvalue weighted by Crippen LogP contribution is -1.97. The highest BCUT2D eigenvalue weighted by molar-refractivity contribution is 5.99. The number of hydrogen-bond acceptors (Lipinski definition) is 6. The Balaban J connectivity index is 1.17. The molecule has 4 aromatic heterocycles. The number of nitrogens with zero attached hydrogens (tertiary/aromatic N) is 4. The van der Waals surface area contributed by atoms with Crippen LogP contribution in [0.1, 0.15) is 159 Å². The molecule has 390 valence electrons. The number of ether oxygens (including phenoxy) is 3. The van der Waals surface area contributed by atoms with E-state index < -0.39 is 0 Å². The van der Waals surface area contributed by atoms with Gasteiger partial charge in [0.2, 0.25) is 0 Å². The second-order valence-electron chi connectivity index (χ2n) is 20.3. The summed E-state index contributed by atoms with van der Waals surface area (Å²) in [6.45, 7) is 8.92. The predicted molar refractivity (Wildman–Crippen MR) is 314 cm³/mol. The van der Waals surface area contributed by atoms with Gasteiger partial charge in [0, 0.05) is 63.1 Å². The molecular formula is C66H78N6O3. The number of benzene rings is 3. The lowest BCUT2D eigenvalue weighted by atomic mass is 10.0. The monoisotopic (exact) mass is 1000 g/mol. The highest BCUT2D eigenvalue weighted by Gasteiger charge is 2.20. The van der Waals surface area contributed by atoms with Crippen LogP contribution in [0, 0.1) is 0 Å².